The first-order chi connectivity index (χ1) is 7.52. The minimum Gasteiger partial charge on any atom is -0.388 e. The molecule has 1 unspecified atom stereocenters. The molecule has 1 aliphatic rings. The van der Waals surface area contributed by atoms with Gasteiger partial charge in [-0.15, -0.1) is 0 Å². The molecule has 0 aromatic carbocycles. The average Bonchev–Trinajstić information content (AvgIpc) is 2.53. The van der Waals surface area contributed by atoms with Crippen molar-refractivity contribution in [2.75, 3.05) is 0 Å². The predicted molar refractivity (Wildman–Crippen MR) is 65.8 cm³/mol. The maximum Gasteiger partial charge on any atom is 0.0862 e. The molecule has 0 amide bonds. The second kappa shape index (κ2) is 5.19. The van der Waals surface area contributed by atoms with Crippen molar-refractivity contribution in [1.82, 2.24) is 0 Å². The van der Waals surface area contributed by atoms with Crippen molar-refractivity contribution in [3.8, 4) is 6.07 Å². The first-order valence-electron chi connectivity index (χ1n) is 6.66. The van der Waals surface area contributed by atoms with E-state index in [1.807, 2.05) is 20.8 Å². The molecule has 1 aliphatic carbocycles. The number of nitrogens with zero attached hydrogens (tertiary/aromatic N) is 1. The molecule has 0 heterocycles. The topological polar surface area (TPSA) is 44.0 Å². The summed E-state index contributed by atoms with van der Waals surface area (Å²) >= 11 is 0. The van der Waals surface area contributed by atoms with Gasteiger partial charge < -0.3 is 5.11 Å². The summed E-state index contributed by atoms with van der Waals surface area (Å²) in [5.41, 5.74) is -1.32. The molecule has 0 aliphatic heterocycles. The van der Waals surface area contributed by atoms with Gasteiger partial charge in [0.1, 0.15) is 0 Å². The van der Waals surface area contributed by atoms with E-state index in [1.165, 1.54) is 12.8 Å². The van der Waals surface area contributed by atoms with Crippen molar-refractivity contribution in [3.05, 3.63) is 0 Å². The Hall–Kier alpha value is -0.550. The molecular weight excluding hydrogens is 198 g/mol. The standard InChI is InChI=1S/C14H25NO/c1-4-14(16,12(2)3)13(11-15)9-7-5-6-8-10-13/h12,16H,4-10H2,1-3H3. The molecule has 0 bridgehead atoms. The van der Waals surface area contributed by atoms with Crippen LogP contribution in [-0.4, -0.2) is 10.7 Å². The lowest BCUT2D eigenvalue weighted by Crippen LogP contribution is -2.51. The highest BCUT2D eigenvalue weighted by Crippen LogP contribution is 2.48. The summed E-state index contributed by atoms with van der Waals surface area (Å²) in [6.45, 7) is 6.07. The Labute approximate surface area is 99.7 Å². The zero-order valence-electron chi connectivity index (χ0n) is 10.9. The molecule has 1 N–H and O–H groups in total. The summed E-state index contributed by atoms with van der Waals surface area (Å²) in [7, 11) is 0. The molecule has 1 rings (SSSR count). The summed E-state index contributed by atoms with van der Waals surface area (Å²) in [6, 6.07) is 2.48. The summed E-state index contributed by atoms with van der Waals surface area (Å²) in [5, 5.41) is 20.4. The van der Waals surface area contributed by atoms with E-state index >= 15 is 0 Å². The van der Waals surface area contributed by atoms with Gasteiger partial charge in [-0.1, -0.05) is 46.5 Å². The van der Waals surface area contributed by atoms with Gasteiger partial charge in [0, 0.05) is 0 Å². The number of aliphatic hydroxyl groups is 1. The van der Waals surface area contributed by atoms with Crippen LogP contribution in [0.15, 0.2) is 0 Å². The van der Waals surface area contributed by atoms with Crippen LogP contribution in [0, 0.1) is 22.7 Å². The maximum atomic E-state index is 10.9. The van der Waals surface area contributed by atoms with Crippen LogP contribution in [0.25, 0.3) is 0 Å². The first kappa shape index (κ1) is 13.5. The van der Waals surface area contributed by atoms with Gasteiger partial charge in [-0.05, 0) is 25.2 Å². The fraction of sp³-hybridized carbons (Fsp3) is 0.929. The fourth-order valence-corrected chi connectivity index (χ4v) is 3.27. The Morgan fingerprint density at radius 1 is 1.25 bits per heavy atom. The molecule has 16 heavy (non-hydrogen) atoms. The van der Waals surface area contributed by atoms with Crippen molar-refractivity contribution < 1.29 is 5.11 Å². The minimum absolute atomic E-state index is 0.148. The van der Waals surface area contributed by atoms with E-state index in [9.17, 15) is 10.4 Å². The van der Waals surface area contributed by atoms with E-state index in [1.54, 1.807) is 0 Å². The first-order valence-corrected chi connectivity index (χ1v) is 6.66. The molecule has 0 spiro atoms. The Morgan fingerprint density at radius 3 is 2.06 bits per heavy atom. The van der Waals surface area contributed by atoms with E-state index in [0.29, 0.717) is 6.42 Å². The highest BCUT2D eigenvalue weighted by Gasteiger charge is 2.51. The van der Waals surface area contributed by atoms with Gasteiger partial charge in [-0.3, -0.25) is 0 Å². The monoisotopic (exact) mass is 223 g/mol. The molecule has 92 valence electrons. The molecular formula is C14H25NO. The lowest BCUT2D eigenvalue weighted by atomic mass is 9.62. The molecule has 1 saturated carbocycles. The van der Waals surface area contributed by atoms with Crippen LogP contribution in [0.3, 0.4) is 0 Å². The third-order valence-electron chi connectivity index (χ3n) is 4.49. The van der Waals surface area contributed by atoms with Gasteiger partial charge in [0.25, 0.3) is 0 Å². The molecule has 2 heteroatoms. The van der Waals surface area contributed by atoms with Gasteiger partial charge in [-0.25, -0.2) is 0 Å². The average molecular weight is 223 g/mol. The lowest BCUT2D eigenvalue weighted by molar-refractivity contribution is -0.101. The lowest BCUT2D eigenvalue weighted by Gasteiger charge is -2.45. The van der Waals surface area contributed by atoms with Crippen LogP contribution in [-0.2, 0) is 0 Å². The Bertz CT molecular complexity index is 258. The van der Waals surface area contributed by atoms with E-state index in [4.69, 9.17) is 0 Å². The van der Waals surface area contributed by atoms with Crippen LogP contribution in [0.5, 0.6) is 0 Å². The van der Waals surface area contributed by atoms with Crippen molar-refractivity contribution >= 4 is 0 Å². The van der Waals surface area contributed by atoms with Crippen LogP contribution in [0.1, 0.15) is 65.7 Å². The smallest absolute Gasteiger partial charge is 0.0862 e. The summed E-state index contributed by atoms with van der Waals surface area (Å²) in [5.74, 6) is 0.148. The Balaban J connectivity index is 3.05. The Morgan fingerprint density at radius 2 is 1.75 bits per heavy atom. The van der Waals surface area contributed by atoms with Gasteiger partial charge in [0.2, 0.25) is 0 Å². The van der Waals surface area contributed by atoms with Crippen LogP contribution >= 0.6 is 0 Å². The van der Waals surface area contributed by atoms with Gasteiger partial charge in [-0.2, -0.15) is 5.26 Å². The summed E-state index contributed by atoms with van der Waals surface area (Å²) in [6.07, 6.45) is 7.00. The fourth-order valence-electron chi connectivity index (χ4n) is 3.27. The quantitative estimate of drug-likeness (QED) is 0.742. The zero-order chi connectivity index (χ0) is 12.2. The van der Waals surface area contributed by atoms with E-state index in [2.05, 4.69) is 6.07 Å². The van der Waals surface area contributed by atoms with Crippen LogP contribution in [0.2, 0.25) is 0 Å². The zero-order valence-corrected chi connectivity index (χ0v) is 10.9. The SMILES string of the molecule is CCC(O)(C(C)C)C1(C#N)CCCCCC1. The largest absolute Gasteiger partial charge is 0.388 e. The number of nitriles is 1. The van der Waals surface area contributed by atoms with E-state index in [-0.39, 0.29) is 5.92 Å². The highest BCUT2D eigenvalue weighted by molar-refractivity contribution is 5.12. The molecule has 0 saturated heterocycles. The van der Waals surface area contributed by atoms with Crippen molar-refractivity contribution in [2.45, 2.75) is 71.3 Å². The second-order valence-corrected chi connectivity index (χ2v) is 5.54. The van der Waals surface area contributed by atoms with Crippen molar-refractivity contribution in [3.63, 3.8) is 0 Å². The maximum absolute atomic E-state index is 10.9. The van der Waals surface area contributed by atoms with E-state index in [0.717, 1.165) is 25.7 Å². The van der Waals surface area contributed by atoms with Gasteiger partial charge in [0.15, 0.2) is 0 Å². The van der Waals surface area contributed by atoms with Gasteiger partial charge >= 0.3 is 0 Å². The second-order valence-electron chi connectivity index (χ2n) is 5.54. The van der Waals surface area contributed by atoms with Gasteiger partial charge in [0.05, 0.1) is 17.1 Å². The Kier molecular flexibility index (Phi) is 4.38. The highest BCUT2D eigenvalue weighted by atomic mass is 16.3. The summed E-state index contributed by atoms with van der Waals surface area (Å²) in [4.78, 5) is 0. The normalized spacial score (nSPS) is 24.5. The van der Waals surface area contributed by atoms with Crippen LogP contribution in [0.4, 0.5) is 0 Å². The number of hydrogen-bond acceptors (Lipinski definition) is 2. The molecule has 2 nitrogen and oxygen atoms in total. The minimum atomic E-state index is -0.813. The summed E-state index contributed by atoms with van der Waals surface area (Å²) < 4.78 is 0. The van der Waals surface area contributed by atoms with Crippen molar-refractivity contribution in [1.29, 1.82) is 5.26 Å². The third kappa shape index (κ3) is 2.11. The third-order valence-corrected chi connectivity index (χ3v) is 4.49. The number of rotatable bonds is 3. The molecule has 1 fully saturated rings. The van der Waals surface area contributed by atoms with E-state index < -0.39 is 11.0 Å². The molecule has 0 aromatic rings. The molecule has 0 aromatic heterocycles. The van der Waals surface area contributed by atoms with Crippen molar-refractivity contribution in [2.24, 2.45) is 11.3 Å². The predicted octanol–water partition coefficient (Wildman–Crippen LogP) is 3.65. The van der Waals surface area contributed by atoms with Crippen LogP contribution < -0.4 is 0 Å². The molecule has 0 radical (unpaired) electrons. The number of hydrogen-bond donors (Lipinski definition) is 1. The molecule has 1 atom stereocenters.